The molecule has 0 aliphatic carbocycles. The summed E-state index contributed by atoms with van der Waals surface area (Å²) in [5.74, 6) is 0.837. The maximum Gasteiger partial charge on any atom is 0.140 e. The zero-order valence-corrected chi connectivity index (χ0v) is 8.86. The topological polar surface area (TPSA) is 63.4 Å². The molecule has 5 heteroatoms. The van der Waals surface area contributed by atoms with Crippen molar-refractivity contribution in [1.29, 1.82) is 0 Å². The zero-order chi connectivity index (χ0) is 10.7. The van der Waals surface area contributed by atoms with Crippen LogP contribution in [0.15, 0.2) is 12.3 Å². The molecular formula is C10H16N4O. The molecule has 1 aliphatic rings. The van der Waals surface area contributed by atoms with Gasteiger partial charge >= 0.3 is 0 Å². The zero-order valence-electron chi connectivity index (χ0n) is 8.86. The third-order valence-corrected chi connectivity index (χ3v) is 2.44. The van der Waals surface area contributed by atoms with Gasteiger partial charge in [-0.3, -0.25) is 0 Å². The van der Waals surface area contributed by atoms with Crippen molar-refractivity contribution in [2.45, 2.75) is 6.92 Å². The number of pyridine rings is 1. The lowest BCUT2D eigenvalue weighted by molar-refractivity contribution is 0.0495. The Kier molecular flexibility index (Phi) is 3.03. The van der Waals surface area contributed by atoms with Crippen LogP contribution in [0.5, 0.6) is 0 Å². The Labute approximate surface area is 89.2 Å². The van der Waals surface area contributed by atoms with Crippen LogP contribution in [0.4, 0.5) is 11.5 Å². The Balaban J connectivity index is 2.00. The molecule has 1 saturated heterocycles. The van der Waals surface area contributed by atoms with Gasteiger partial charge in [0.2, 0.25) is 0 Å². The number of aromatic nitrogens is 1. The minimum Gasteiger partial charge on any atom is -0.397 e. The number of anilines is 2. The third kappa shape index (κ3) is 2.57. The maximum absolute atomic E-state index is 5.70. The molecule has 0 bridgehead atoms. The average molecular weight is 208 g/mol. The molecule has 3 N–H and O–H groups in total. The van der Waals surface area contributed by atoms with Crippen LogP contribution in [0.2, 0.25) is 0 Å². The average Bonchev–Trinajstić information content (AvgIpc) is 2.25. The molecule has 0 radical (unpaired) electrons. The number of rotatable bonds is 2. The number of ether oxygens (including phenoxy) is 1. The first-order valence-corrected chi connectivity index (χ1v) is 5.07. The fourth-order valence-electron chi connectivity index (χ4n) is 1.46. The molecule has 1 aromatic rings. The van der Waals surface area contributed by atoms with E-state index in [-0.39, 0.29) is 0 Å². The molecule has 1 aromatic heterocycles. The summed E-state index contributed by atoms with van der Waals surface area (Å²) in [4.78, 5) is 4.21. The van der Waals surface area contributed by atoms with E-state index in [1.807, 2.05) is 13.0 Å². The molecule has 0 amide bonds. The highest BCUT2D eigenvalue weighted by Gasteiger charge is 2.10. The Morgan fingerprint density at radius 3 is 2.87 bits per heavy atom. The predicted molar refractivity (Wildman–Crippen MR) is 59.4 cm³/mol. The molecule has 0 spiro atoms. The lowest BCUT2D eigenvalue weighted by atomic mass is 10.2. The number of hydrazine groups is 1. The van der Waals surface area contributed by atoms with Crippen LogP contribution >= 0.6 is 0 Å². The Morgan fingerprint density at radius 1 is 1.47 bits per heavy atom. The first-order chi connectivity index (χ1) is 7.25. The monoisotopic (exact) mass is 208 g/mol. The highest BCUT2D eigenvalue weighted by atomic mass is 16.5. The molecule has 1 fully saturated rings. The SMILES string of the molecule is Cc1cc(NN2CCOCC2)ncc1N. The normalized spacial score (nSPS) is 17.7. The summed E-state index contributed by atoms with van der Waals surface area (Å²) in [7, 11) is 0. The van der Waals surface area contributed by atoms with E-state index < -0.39 is 0 Å². The van der Waals surface area contributed by atoms with Crippen LogP contribution in [-0.2, 0) is 4.74 Å². The second-order valence-corrected chi connectivity index (χ2v) is 3.64. The number of nitrogen functional groups attached to an aromatic ring is 1. The van der Waals surface area contributed by atoms with E-state index in [9.17, 15) is 0 Å². The smallest absolute Gasteiger partial charge is 0.140 e. The van der Waals surface area contributed by atoms with Crippen LogP contribution in [0.1, 0.15) is 5.56 Å². The van der Waals surface area contributed by atoms with Gasteiger partial charge < -0.3 is 15.9 Å². The first-order valence-electron chi connectivity index (χ1n) is 5.07. The molecule has 2 rings (SSSR count). The molecule has 5 nitrogen and oxygen atoms in total. The van der Waals surface area contributed by atoms with Crippen LogP contribution in [0, 0.1) is 6.92 Å². The van der Waals surface area contributed by atoms with Gasteiger partial charge in [-0.25, -0.2) is 9.99 Å². The van der Waals surface area contributed by atoms with Gasteiger partial charge in [0.15, 0.2) is 0 Å². The summed E-state index contributed by atoms with van der Waals surface area (Å²) in [6.07, 6.45) is 1.68. The Bertz CT molecular complexity index is 336. The number of nitrogens with zero attached hydrogens (tertiary/aromatic N) is 2. The summed E-state index contributed by atoms with van der Waals surface area (Å²) in [6.45, 7) is 5.26. The molecule has 2 heterocycles. The fourth-order valence-corrected chi connectivity index (χ4v) is 1.46. The van der Waals surface area contributed by atoms with Gasteiger partial charge in [-0.2, -0.15) is 0 Å². The third-order valence-electron chi connectivity index (χ3n) is 2.44. The van der Waals surface area contributed by atoms with Gasteiger partial charge in [-0.15, -0.1) is 0 Å². The highest BCUT2D eigenvalue weighted by molar-refractivity contribution is 5.50. The van der Waals surface area contributed by atoms with Crippen LogP contribution in [0.3, 0.4) is 0 Å². The van der Waals surface area contributed by atoms with Crippen molar-refractivity contribution in [2.75, 3.05) is 37.5 Å². The number of hydrogen-bond donors (Lipinski definition) is 2. The van der Waals surface area contributed by atoms with Crippen molar-refractivity contribution in [2.24, 2.45) is 0 Å². The van der Waals surface area contributed by atoms with E-state index >= 15 is 0 Å². The molecule has 0 aromatic carbocycles. The van der Waals surface area contributed by atoms with Gasteiger partial charge in [-0.1, -0.05) is 0 Å². The van der Waals surface area contributed by atoms with Gasteiger partial charge in [0.1, 0.15) is 5.82 Å². The second kappa shape index (κ2) is 4.46. The number of morpholine rings is 1. The van der Waals surface area contributed by atoms with Crippen LogP contribution in [-0.4, -0.2) is 36.3 Å². The number of nitrogens with one attached hydrogen (secondary N) is 1. The van der Waals surface area contributed by atoms with Crippen molar-refractivity contribution in [3.05, 3.63) is 17.8 Å². The van der Waals surface area contributed by atoms with Crippen LogP contribution < -0.4 is 11.2 Å². The molecule has 0 atom stereocenters. The Hall–Kier alpha value is -1.33. The van der Waals surface area contributed by atoms with Crippen molar-refractivity contribution in [1.82, 2.24) is 9.99 Å². The maximum atomic E-state index is 5.70. The molecule has 0 saturated carbocycles. The number of aryl methyl sites for hydroxylation is 1. The van der Waals surface area contributed by atoms with Gasteiger partial charge in [0.05, 0.1) is 25.1 Å². The summed E-state index contributed by atoms with van der Waals surface area (Å²) >= 11 is 0. The predicted octanol–water partition coefficient (Wildman–Crippen LogP) is 0.631. The molecule has 15 heavy (non-hydrogen) atoms. The summed E-state index contributed by atoms with van der Waals surface area (Å²) in [6, 6.07) is 1.95. The summed E-state index contributed by atoms with van der Waals surface area (Å²) < 4.78 is 5.26. The van der Waals surface area contributed by atoms with E-state index in [4.69, 9.17) is 10.5 Å². The number of nitrogens with two attached hydrogens (primary N) is 1. The van der Waals surface area contributed by atoms with Gasteiger partial charge in [0.25, 0.3) is 0 Å². The van der Waals surface area contributed by atoms with E-state index in [0.717, 1.165) is 43.4 Å². The molecule has 1 aliphatic heterocycles. The minimum atomic E-state index is 0.725. The summed E-state index contributed by atoms with van der Waals surface area (Å²) in [5, 5.41) is 2.10. The lowest BCUT2D eigenvalue weighted by Crippen LogP contribution is -2.40. The van der Waals surface area contributed by atoms with Crippen molar-refractivity contribution >= 4 is 11.5 Å². The fraction of sp³-hybridized carbons (Fsp3) is 0.500. The van der Waals surface area contributed by atoms with Crippen molar-refractivity contribution in [3.63, 3.8) is 0 Å². The Morgan fingerprint density at radius 2 is 2.20 bits per heavy atom. The molecule has 0 unspecified atom stereocenters. The van der Waals surface area contributed by atoms with E-state index in [1.54, 1.807) is 6.20 Å². The lowest BCUT2D eigenvalue weighted by Gasteiger charge is -2.27. The van der Waals surface area contributed by atoms with Gasteiger partial charge in [-0.05, 0) is 18.6 Å². The van der Waals surface area contributed by atoms with Crippen molar-refractivity contribution in [3.8, 4) is 0 Å². The summed E-state index contributed by atoms with van der Waals surface area (Å²) in [5.41, 5.74) is 10.7. The second-order valence-electron chi connectivity index (χ2n) is 3.64. The van der Waals surface area contributed by atoms with Crippen molar-refractivity contribution < 1.29 is 4.74 Å². The minimum absolute atomic E-state index is 0.725. The van der Waals surface area contributed by atoms with E-state index in [1.165, 1.54) is 0 Å². The molecular weight excluding hydrogens is 192 g/mol. The number of hydrogen-bond acceptors (Lipinski definition) is 5. The standard InChI is InChI=1S/C10H16N4O/c1-8-6-10(12-7-9(8)11)13-14-2-4-15-5-3-14/h6-7H,2-5,11H2,1H3,(H,12,13). The first kappa shape index (κ1) is 10.2. The van der Waals surface area contributed by atoms with E-state index in [0.29, 0.717) is 0 Å². The molecule has 82 valence electrons. The quantitative estimate of drug-likeness (QED) is 0.746. The largest absolute Gasteiger partial charge is 0.397 e. The van der Waals surface area contributed by atoms with E-state index in [2.05, 4.69) is 15.4 Å². The highest BCUT2D eigenvalue weighted by Crippen LogP contribution is 2.13. The van der Waals surface area contributed by atoms with Gasteiger partial charge in [0, 0.05) is 13.1 Å². The van der Waals surface area contributed by atoms with Crippen LogP contribution in [0.25, 0.3) is 0 Å².